The summed E-state index contributed by atoms with van der Waals surface area (Å²) in [5.41, 5.74) is 17.8. The number of methoxy groups -OCH3 is 1. The third kappa shape index (κ3) is 29.7. The molecule has 6 aliphatic heterocycles. The van der Waals surface area contributed by atoms with Crippen LogP contribution in [-0.4, -0.2) is 310 Å². The van der Waals surface area contributed by atoms with Gasteiger partial charge in [0.25, 0.3) is 5.91 Å². The van der Waals surface area contributed by atoms with Crippen LogP contribution in [-0.2, 0) is 120 Å². The number of aliphatic carboxylic acids is 2. The molecule has 0 bridgehead atoms. The summed E-state index contributed by atoms with van der Waals surface area (Å²) in [6.45, 7) is 6.26. The Morgan fingerprint density at radius 1 is 0.432 bits per heavy atom. The Morgan fingerprint density at radius 2 is 0.813 bits per heavy atom. The van der Waals surface area contributed by atoms with Gasteiger partial charge in [-0.05, 0) is 137 Å². The first-order valence-electron chi connectivity index (χ1n) is 46.9. The van der Waals surface area contributed by atoms with Crippen LogP contribution < -0.4 is 70.4 Å². The van der Waals surface area contributed by atoms with Gasteiger partial charge in [-0.3, -0.25) is 91.1 Å². The smallest absolute Gasteiger partial charge is 0.328 e. The number of nitrogens with one attached hydrogen (secondary N) is 10. The molecule has 6 saturated heterocycles. The van der Waals surface area contributed by atoms with Crippen molar-refractivity contribution in [3.63, 3.8) is 0 Å². The van der Waals surface area contributed by atoms with Gasteiger partial charge in [0, 0.05) is 90.5 Å². The van der Waals surface area contributed by atoms with Gasteiger partial charge in [0.05, 0.1) is 19.3 Å². The van der Waals surface area contributed by atoms with E-state index >= 15 is 33.6 Å². The van der Waals surface area contributed by atoms with Crippen molar-refractivity contribution in [3.05, 3.63) is 114 Å². The highest BCUT2D eigenvalue weighted by molar-refractivity contribution is 6.02. The number of nitrogens with zero attached hydrogens (tertiary/aromatic N) is 8. The second kappa shape index (κ2) is 50.0. The highest BCUT2D eigenvalue weighted by atomic mass is 16.5. The maximum absolute atomic E-state index is 16.1. The molecular weight excluding hydrogens is 1810 g/mol. The summed E-state index contributed by atoms with van der Waals surface area (Å²) in [4.78, 5) is 300. The molecule has 139 heavy (non-hydrogen) atoms. The zero-order valence-corrected chi connectivity index (χ0v) is 78.2. The van der Waals surface area contributed by atoms with Gasteiger partial charge < -0.3 is 115 Å². The minimum absolute atomic E-state index is 0.000811. The third-order valence-electron chi connectivity index (χ3n) is 25.4. The Hall–Kier alpha value is -14.5. The van der Waals surface area contributed by atoms with E-state index < -0.39 is 260 Å². The molecule has 10 rings (SSSR count). The quantitative estimate of drug-likeness (QED) is 0.0197. The number of rotatable bonds is 48. The number of amides is 18. The number of ether oxygens (including phenoxy) is 1. The maximum atomic E-state index is 16.1. The first-order valence-corrected chi connectivity index (χ1v) is 46.9. The monoisotopic (exact) mass is 1940 g/mol. The van der Waals surface area contributed by atoms with Crippen LogP contribution in [0.3, 0.4) is 0 Å². The van der Waals surface area contributed by atoms with Gasteiger partial charge in [0.15, 0.2) is 5.69 Å². The fraction of sp³-hybridized carbons (Fsp3) is 0.559. The average molecular weight is 1940 g/mol. The van der Waals surface area contributed by atoms with Gasteiger partial charge in [-0.15, -0.1) is 5.10 Å². The van der Waals surface area contributed by atoms with E-state index in [2.05, 4.69) is 63.5 Å². The number of nitrogens with two attached hydrogens (primary N) is 3. The molecule has 0 spiro atoms. The van der Waals surface area contributed by atoms with E-state index in [9.17, 15) is 82.4 Å². The van der Waals surface area contributed by atoms with Crippen LogP contribution in [0, 0.1) is 11.8 Å². The van der Waals surface area contributed by atoms with Gasteiger partial charge in [-0.2, -0.15) is 0 Å². The number of hydrogen-bond acceptors (Lipinski definition) is 25. The topological polar surface area (TPSA) is 674 Å². The summed E-state index contributed by atoms with van der Waals surface area (Å²) in [6, 6.07) is 0.0399. The number of primary amides is 3. The number of carboxylic acids is 2. The standard InChI is InChI=1S/C93H125N21O25/c1-50(2)42-62(102-78(122)57-31-36-76(119)97-57)80(124)99-59(28-33-73(94)116)87(131)110-39-13-22-70(110)84(128)105-65(44-52-16-8-6-9-17-52)91(135)113-48-55(114-49-67(107-108-114)81(125)106-66(93(138)139-5)46-53-18-10-7-11-19-53)47-72(113)86(130)100-60(29-34-74(95)117)88(132)109-38-12-20-68(109)82(126)98-58(32-37-77(120)121)79(123)103-63(43-51(3)4)89(133)111-40-15-23-71(111)85(129)104-64(45-54-24-26-56(115)27-25-54)90(134)112-41-14-21-69(112)83(127)101-61(92(136)137)30-35-75(96)118/h6-11,16-19,24-27,49-51,55,57-66,68-72,115H,12-15,20-23,28-48H2,1-5H3,(H2,94,116)(H2,95,117)(H2,96,118)(H,97,119)(H,98,126)(H,99,124)(H,100,130)(H,101,127)(H,102,122)(H,103,123)(H,104,129)(H,105,128)(H,106,125)(H,120,121)(H,136,137)/t55-,57+,58+,59+,60+,61+,62+,63+,64+,65+,66+,68+,69+,70+,71+,72+/m1/s1. The second-order valence-electron chi connectivity index (χ2n) is 36.7. The minimum Gasteiger partial charge on any atom is -0.508 e. The van der Waals surface area contributed by atoms with E-state index in [0.717, 1.165) is 16.9 Å². The molecule has 7 heterocycles. The van der Waals surface area contributed by atoms with Crippen molar-refractivity contribution >= 4 is 124 Å². The molecule has 3 aromatic carbocycles. The Morgan fingerprint density at radius 3 is 1.26 bits per heavy atom. The molecule has 46 nitrogen and oxygen atoms in total. The summed E-state index contributed by atoms with van der Waals surface area (Å²) in [7, 11) is 1.14. The fourth-order valence-corrected chi connectivity index (χ4v) is 18.3. The van der Waals surface area contributed by atoms with Crippen LogP contribution in [0.2, 0.25) is 0 Å². The SMILES string of the molecule is COC(=O)[C@H](Cc1ccccc1)NC(=O)c1cn([C@@H]2C[C@@H](C(=O)N[C@@H](CCC(N)=O)C(=O)N3CCC[C@H]3C(=O)N[C@@H](CCC(=O)O)C(=O)N[C@@H](CC(C)C)C(=O)N3CCC[C@H]3C(=O)N[C@@H](Cc3ccc(O)cc3)C(=O)N3CCC[C@H]3C(=O)N[C@@H](CCC(N)=O)C(=O)O)N(C(=O)[C@H](Cc3ccccc3)NC(=O)[C@@H]3CCCN3C(=O)[C@H](CCC(N)=O)NC(=O)[C@H](CC(C)C)NC(=O)[C@@H]3CCC(=O)N3)C2)nn1. The van der Waals surface area contributed by atoms with Crippen LogP contribution in [0.5, 0.6) is 5.75 Å². The number of likely N-dealkylation sites (tertiary alicyclic amines) is 5. The molecule has 1 aromatic heterocycles. The average Bonchev–Trinajstić information content (AvgIpc) is 1.63. The number of aromatic nitrogens is 3. The molecule has 0 unspecified atom stereocenters. The lowest BCUT2D eigenvalue weighted by Gasteiger charge is -2.33. The van der Waals surface area contributed by atoms with E-state index in [-0.39, 0.29) is 171 Å². The van der Waals surface area contributed by atoms with Crippen molar-refractivity contribution in [2.24, 2.45) is 29.0 Å². The number of hydrogen-bond donors (Lipinski definition) is 16. The molecule has 752 valence electrons. The number of phenols is 1. The van der Waals surface area contributed by atoms with Gasteiger partial charge in [-0.1, -0.05) is 106 Å². The summed E-state index contributed by atoms with van der Waals surface area (Å²) < 4.78 is 6.21. The van der Waals surface area contributed by atoms with Gasteiger partial charge in [-0.25, -0.2) is 14.3 Å². The molecular formula is C93H125N21O25. The number of benzene rings is 3. The van der Waals surface area contributed by atoms with E-state index in [1.165, 1.54) is 49.8 Å². The predicted octanol–water partition coefficient (Wildman–Crippen LogP) is -2.92. The molecule has 46 heteroatoms. The van der Waals surface area contributed by atoms with Gasteiger partial charge >= 0.3 is 17.9 Å². The molecule has 19 N–H and O–H groups in total. The Balaban J connectivity index is 0.893. The molecule has 0 saturated carbocycles. The number of aromatic hydroxyl groups is 1. The lowest BCUT2D eigenvalue weighted by atomic mass is 10.0. The summed E-state index contributed by atoms with van der Waals surface area (Å²) in [6.07, 6.45) is -2.52. The Kier molecular flexibility index (Phi) is 38.3. The van der Waals surface area contributed by atoms with E-state index in [0.29, 0.717) is 16.7 Å². The predicted molar refractivity (Wildman–Crippen MR) is 489 cm³/mol. The lowest BCUT2D eigenvalue weighted by molar-refractivity contribution is -0.146. The lowest BCUT2D eigenvalue weighted by Crippen LogP contribution is -2.61. The molecule has 6 fully saturated rings. The van der Waals surface area contributed by atoms with Gasteiger partial charge in [0.1, 0.15) is 96.4 Å². The van der Waals surface area contributed by atoms with Crippen molar-refractivity contribution in [2.45, 2.75) is 278 Å². The van der Waals surface area contributed by atoms with Crippen LogP contribution >= 0.6 is 0 Å². The Labute approximate surface area is 800 Å². The summed E-state index contributed by atoms with van der Waals surface area (Å²) in [5.74, 6) is -19.6. The number of phenolic OH excluding ortho intramolecular Hbond substituents is 1. The van der Waals surface area contributed by atoms with Crippen LogP contribution in [0.1, 0.15) is 196 Å². The van der Waals surface area contributed by atoms with E-state index in [4.69, 9.17) is 21.9 Å². The van der Waals surface area contributed by atoms with Crippen molar-refractivity contribution < 1.29 is 121 Å². The number of carboxylic acid groups (broad SMARTS) is 2. The highest BCUT2D eigenvalue weighted by Crippen LogP contribution is 2.32. The molecule has 16 atom stereocenters. The zero-order chi connectivity index (χ0) is 101. The van der Waals surface area contributed by atoms with Gasteiger partial charge in [0.2, 0.25) is 100 Å². The van der Waals surface area contributed by atoms with Crippen molar-refractivity contribution in [1.29, 1.82) is 0 Å². The molecule has 18 amide bonds. The first-order chi connectivity index (χ1) is 66.1. The Bertz CT molecular complexity index is 5180. The maximum Gasteiger partial charge on any atom is 0.328 e. The highest BCUT2D eigenvalue weighted by Gasteiger charge is 2.50. The van der Waals surface area contributed by atoms with E-state index in [1.807, 2.05) is 0 Å². The van der Waals surface area contributed by atoms with Crippen LogP contribution in [0.25, 0.3) is 0 Å². The number of carbonyl (C=O) groups is 21. The van der Waals surface area contributed by atoms with Crippen LogP contribution in [0.15, 0.2) is 91.1 Å². The summed E-state index contributed by atoms with van der Waals surface area (Å²) >= 11 is 0. The van der Waals surface area contributed by atoms with E-state index in [1.54, 1.807) is 88.4 Å². The second-order valence-corrected chi connectivity index (χ2v) is 36.7. The van der Waals surface area contributed by atoms with Crippen molar-refractivity contribution in [2.75, 3.05) is 39.8 Å². The third-order valence-corrected chi connectivity index (χ3v) is 25.4. The number of carbonyl (C=O) groups excluding carboxylic acids is 19. The number of esters is 1. The van der Waals surface area contributed by atoms with Crippen molar-refractivity contribution in [3.8, 4) is 5.75 Å². The van der Waals surface area contributed by atoms with Crippen LogP contribution in [0.4, 0.5) is 0 Å². The summed E-state index contributed by atoms with van der Waals surface area (Å²) in [5, 5.41) is 64.9. The molecule has 0 radical (unpaired) electrons. The normalized spacial score (nSPS) is 20.3. The molecule has 6 aliphatic rings. The first kappa shape index (κ1) is 107. The largest absolute Gasteiger partial charge is 0.508 e. The molecule has 0 aliphatic carbocycles. The fourth-order valence-electron chi connectivity index (χ4n) is 18.3. The van der Waals surface area contributed by atoms with Crippen molar-refractivity contribution in [1.82, 2.24) is 92.7 Å². The minimum atomic E-state index is -1.76. The zero-order valence-electron chi connectivity index (χ0n) is 78.2. The molecule has 4 aromatic rings.